The van der Waals surface area contributed by atoms with Crippen LogP contribution in [-0.2, 0) is 6.54 Å². The van der Waals surface area contributed by atoms with E-state index < -0.39 is 0 Å². The second kappa shape index (κ2) is 7.90. The van der Waals surface area contributed by atoms with Crippen LogP contribution in [0.3, 0.4) is 0 Å². The molecule has 4 heteroatoms. The second-order valence-electron chi connectivity index (χ2n) is 6.40. The van der Waals surface area contributed by atoms with Gasteiger partial charge >= 0.3 is 0 Å². The summed E-state index contributed by atoms with van der Waals surface area (Å²) in [7, 11) is 0. The van der Waals surface area contributed by atoms with Crippen LogP contribution in [0.4, 0.5) is 0 Å². The maximum absolute atomic E-state index is 12.5. The zero-order valence-electron chi connectivity index (χ0n) is 14.6. The minimum Gasteiger partial charge on any atom is -0.309 e. The third-order valence-corrected chi connectivity index (χ3v) is 4.15. The molecule has 1 heterocycles. The molecule has 128 valence electrons. The van der Waals surface area contributed by atoms with Gasteiger partial charge in [0, 0.05) is 18.0 Å². The van der Waals surface area contributed by atoms with E-state index in [1.54, 1.807) is 6.20 Å². The zero-order valence-corrected chi connectivity index (χ0v) is 14.6. The first-order chi connectivity index (χ1) is 12.1. The molecule has 4 nitrogen and oxygen atoms in total. The molecule has 0 bridgehead atoms. The lowest BCUT2D eigenvalue weighted by Gasteiger charge is -2.15. The van der Waals surface area contributed by atoms with E-state index in [0.29, 0.717) is 11.9 Å². The molecule has 0 radical (unpaired) electrons. The number of benzene rings is 2. The summed E-state index contributed by atoms with van der Waals surface area (Å²) in [6, 6.07) is 18.0. The molecule has 0 saturated heterocycles. The van der Waals surface area contributed by atoms with Crippen molar-refractivity contribution in [3.8, 4) is 0 Å². The fraction of sp³-hybridized carbons (Fsp3) is 0.238. The van der Waals surface area contributed by atoms with Gasteiger partial charge in [0.25, 0.3) is 5.56 Å². The highest BCUT2D eigenvalue weighted by Crippen LogP contribution is 2.07. The van der Waals surface area contributed by atoms with Crippen molar-refractivity contribution in [2.75, 3.05) is 6.54 Å². The van der Waals surface area contributed by atoms with Crippen LogP contribution < -0.4 is 10.9 Å². The van der Waals surface area contributed by atoms with Crippen molar-refractivity contribution in [1.82, 2.24) is 15.1 Å². The Morgan fingerprint density at radius 1 is 1.16 bits per heavy atom. The van der Waals surface area contributed by atoms with E-state index in [0.717, 1.165) is 11.9 Å². The number of rotatable bonds is 6. The van der Waals surface area contributed by atoms with Gasteiger partial charge in [-0.15, -0.1) is 0 Å². The lowest BCUT2D eigenvalue weighted by Crippen LogP contribution is -2.36. The van der Waals surface area contributed by atoms with Gasteiger partial charge in [0.05, 0.1) is 18.1 Å². The summed E-state index contributed by atoms with van der Waals surface area (Å²) in [4.78, 5) is 12.5. The van der Waals surface area contributed by atoms with Crippen molar-refractivity contribution in [2.24, 2.45) is 0 Å². The minimum atomic E-state index is -0.0386. The summed E-state index contributed by atoms with van der Waals surface area (Å²) in [6.07, 6.45) is 3.92. The molecule has 0 fully saturated rings. The highest BCUT2D eigenvalue weighted by atomic mass is 16.1. The number of nitrogens with one attached hydrogen (secondary N) is 1. The maximum Gasteiger partial charge on any atom is 0.274 e. The fourth-order valence-electron chi connectivity index (χ4n) is 2.80. The predicted octanol–water partition coefficient (Wildman–Crippen LogP) is 3.48. The van der Waals surface area contributed by atoms with Gasteiger partial charge in [-0.3, -0.25) is 4.79 Å². The molecular weight excluding hydrogens is 310 g/mol. The molecule has 0 aliphatic carbocycles. The van der Waals surface area contributed by atoms with E-state index in [4.69, 9.17) is 0 Å². The van der Waals surface area contributed by atoms with Gasteiger partial charge < -0.3 is 5.32 Å². The van der Waals surface area contributed by atoms with Crippen molar-refractivity contribution in [3.05, 3.63) is 82.3 Å². The molecule has 0 aliphatic heterocycles. The van der Waals surface area contributed by atoms with Crippen molar-refractivity contribution >= 4 is 16.8 Å². The minimum absolute atomic E-state index is 0.0386. The second-order valence-corrected chi connectivity index (χ2v) is 6.40. The summed E-state index contributed by atoms with van der Waals surface area (Å²) in [5.74, 6) is 0. The molecule has 25 heavy (non-hydrogen) atoms. The Labute approximate surface area is 147 Å². The normalized spacial score (nSPS) is 13.1. The monoisotopic (exact) mass is 333 g/mol. The zero-order chi connectivity index (χ0) is 17.6. The highest BCUT2D eigenvalue weighted by Gasteiger charge is 2.08. The van der Waals surface area contributed by atoms with Crippen LogP contribution >= 0.6 is 0 Å². The molecule has 0 saturated carbocycles. The number of fused-ring (bicyclic) bond motifs is 1. The molecule has 1 aromatic heterocycles. The van der Waals surface area contributed by atoms with Gasteiger partial charge in [0.1, 0.15) is 0 Å². The topological polar surface area (TPSA) is 46.9 Å². The molecule has 0 amide bonds. The molecular formula is C21H23N3O. The maximum atomic E-state index is 12.5. The Hall–Kier alpha value is -2.72. The smallest absolute Gasteiger partial charge is 0.274 e. The molecule has 1 atom stereocenters. The lowest BCUT2D eigenvalue weighted by molar-refractivity contribution is 0.453. The SMILES string of the molecule is C/C(=C\c1ccccc1)CNC(C)Cn1ncc2ccccc2c1=O. The van der Waals surface area contributed by atoms with E-state index in [1.165, 1.54) is 15.8 Å². The van der Waals surface area contributed by atoms with Crippen molar-refractivity contribution in [3.63, 3.8) is 0 Å². The fourth-order valence-corrected chi connectivity index (χ4v) is 2.80. The Balaban J connectivity index is 1.63. The summed E-state index contributed by atoms with van der Waals surface area (Å²) < 4.78 is 1.54. The first-order valence-electron chi connectivity index (χ1n) is 8.54. The van der Waals surface area contributed by atoms with Crippen molar-refractivity contribution in [1.29, 1.82) is 0 Å². The summed E-state index contributed by atoms with van der Waals surface area (Å²) >= 11 is 0. The van der Waals surface area contributed by atoms with E-state index in [2.05, 4.69) is 42.5 Å². The third-order valence-electron chi connectivity index (χ3n) is 4.15. The highest BCUT2D eigenvalue weighted by molar-refractivity contribution is 5.80. The van der Waals surface area contributed by atoms with E-state index >= 15 is 0 Å². The van der Waals surface area contributed by atoms with E-state index in [1.807, 2.05) is 42.5 Å². The Kier molecular flexibility index (Phi) is 5.41. The van der Waals surface area contributed by atoms with E-state index in [9.17, 15) is 4.79 Å². The van der Waals surface area contributed by atoms with Crippen LogP contribution in [0.25, 0.3) is 16.8 Å². The summed E-state index contributed by atoms with van der Waals surface area (Å²) in [5, 5.41) is 9.34. The van der Waals surface area contributed by atoms with Crippen LogP contribution in [0.1, 0.15) is 19.4 Å². The first kappa shape index (κ1) is 17.1. The van der Waals surface area contributed by atoms with Gasteiger partial charge in [0.15, 0.2) is 0 Å². The van der Waals surface area contributed by atoms with Crippen LogP contribution in [-0.4, -0.2) is 22.4 Å². The molecule has 2 aromatic carbocycles. The summed E-state index contributed by atoms with van der Waals surface area (Å²) in [5.41, 5.74) is 2.40. The predicted molar refractivity (Wildman–Crippen MR) is 104 cm³/mol. The van der Waals surface area contributed by atoms with Crippen molar-refractivity contribution < 1.29 is 0 Å². The summed E-state index contributed by atoms with van der Waals surface area (Å²) in [6.45, 7) is 5.49. The van der Waals surface area contributed by atoms with Crippen LogP contribution in [0.5, 0.6) is 0 Å². The molecule has 0 aliphatic rings. The Bertz CT molecular complexity index is 929. The van der Waals surface area contributed by atoms with E-state index in [-0.39, 0.29) is 11.6 Å². The largest absolute Gasteiger partial charge is 0.309 e. The number of hydrogen-bond donors (Lipinski definition) is 1. The average molecular weight is 333 g/mol. The van der Waals surface area contributed by atoms with Gasteiger partial charge in [-0.25, -0.2) is 4.68 Å². The molecule has 1 N–H and O–H groups in total. The Morgan fingerprint density at radius 3 is 2.68 bits per heavy atom. The van der Waals surface area contributed by atoms with Gasteiger partial charge in [-0.05, 0) is 25.5 Å². The molecule has 3 rings (SSSR count). The Morgan fingerprint density at radius 2 is 1.88 bits per heavy atom. The van der Waals surface area contributed by atoms with Crippen LogP contribution in [0.2, 0.25) is 0 Å². The van der Waals surface area contributed by atoms with Gasteiger partial charge in [-0.2, -0.15) is 5.10 Å². The molecule has 0 spiro atoms. The standard InChI is InChI=1S/C21H23N3O/c1-16(12-18-8-4-3-5-9-18)13-22-17(2)15-24-21(25)20-11-7-6-10-19(20)14-23-24/h3-12,14,17,22H,13,15H2,1-2H3/b16-12+. The van der Waals surface area contributed by atoms with Crippen LogP contribution in [0, 0.1) is 0 Å². The van der Waals surface area contributed by atoms with Crippen molar-refractivity contribution in [2.45, 2.75) is 26.4 Å². The number of hydrogen-bond acceptors (Lipinski definition) is 3. The lowest BCUT2D eigenvalue weighted by atomic mass is 10.1. The van der Waals surface area contributed by atoms with Gasteiger partial charge in [0.2, 0.25) is 0 Å². The van der Waals surface area contributed by atoms with Crippen LogP contribution in [0.15, 0.2) is 71.2 Å². The third kappa shape index (κ3) is 4.43. The molecule has 3 aromatic rings. The first-order valence-corrected chi connectivity index (χ1v) is 8.54. The quantitative estimate of drug-likeness (QED) is 0.751. The number of nitrogens with zero attached hydrogens (tertiary/aromatic N) is 2. The molecule has 1 unspecified atom stereocenters. The van der Waals surface area contributed by atoms with Gasteiger partial charge in [-0.1, -0.05) is 60.2 Å². The number of aromatic nitrogens is 2. The average Bonchev–Trinajstić information content (AvgIpc) is 2.63.